The van der Waals surface area contributed by atoms with Crippen molar-refractivity contribution in [1.82, 2.24) is 5.32 Å². The van der Waals surface area contributed by atoms with Crippen molar-refractivity contribution in [2.45, 2.75) is 6.92 Å². The van der Waals surface area contributed by atoms with Gasteiger partial charge in [0.2, 0.25) is 0 Å². The number of fused-ring (bicyclic) bond motifs is 1. The minimum atomic E-state index is -0.307. The SMILES string of the molecule is Cc1ccc(OCC(=O)NC(=S)Nc2cccc3ccccc23)cc1. The number of thiocarbonyl (C=S) groups is 1. The fourth-order valence-corrected chi connectivity index (χ4v) is 2.66. The quantitative estimate of drug-likeness (QED) is 0.697. The number of carbonyl (C=O) groups excluding carboxylic acids is 1. The Kier molecular flexibility index (Phi) is 5.26. The Hall–Kier alpha value is -2.92. The van der Waals surface area contributed by atoms with Gasteiger partial charge in [-0.1, -0.05) is 54.1 Å². The molecule has 0 heterocycles. The molecule has 0 saturated carbocycles. The Labute approximate surface area is 151 Å². The van der Waals surface area contributed by atoms with Crippen molar-refractivity contribution in [2.75, 3.05) is 11.9 Å². The van der Waals surface area contributed by atoms with E-state index in [9.17, 15) is 4.79 Å². The van der Waals surface area contributed by atoms with E-state index in [0.29, 0.717) is 5.75 Å². The highest BCUT2D eigenvalue weighted by Crippen LogP contribution is 2.22. The summed E-state index contributed by atoms with van der Waals surface area (Å²) in [5.74, 6) is 0.340. The first-order chi connectivity index (χ1) is 12.1. The van der Waals surface area contributed by atoms with Gasteiger partial charge in [0.25, 0.3) is 5.91 Å². The zero-order chi connectivity index (χ0) is 17.6. The van der Waals surface area contributed by atoms with Crippen LogP contribution in [0.15, 0.2) is 66.7 Å². The summed E-state index contributed by atoms with van der Waals surface area (Å²) in [5, 5.41) is 8.08. The largest absolute Gasteiger partial charge is 0.484 e. The second-order valence-electron chi connectivity index (χ2n) is 5.63. The van der Waals surface area contributed by atoms with Crippen LogP contribution in [0.25, 0.3) is 10.8 Å². The molecule has 0 spiro atoms. The van der Waals surface area contributed by atoms with Crippen molar-refractivity contribution < 1.29 is 9.53 Å². The minimum Gasteiger partial charge on any atom is -0.484 e. The predicted octanol–water partition coefficient (Wildman–Crippen LogP) is 4.04. The van der Waals surface area contributed by atoms with Crippen molar-refractivity contribution in [3.8, 4) is 5.75 Å². The van der Waals surface area contributed by atoms with Crippen LogP contribution in [0.1, 0.15) is 5.56 Å². The normalized spacial score (nSPS) is 10.3. The maximum absolute atomic E-state index is 12.0. The molecule has 1 amide bonds. The van der Waals surface area contributed by atoms with Crippen LogP contribution in [0.2, 0.25) is 0 Å². The fraction of sp³-hybridized carbons (Fsp3) is 0.100. The van der Waals surface area contributed by atoms with E-state index < -0.39 is 0 Å². The molecule has 0 aliphatic rings. The number of benzene rings is 3. The summed E-state index contributed by atoms with van der Waals surface area (Å²) in [6, 6.07) is 21.4. The van der Waals surface area contributed by atoms with E-state index in [2.05, 4.69) is 10.6 Å². The van der Waals surface area contributed by atoms with Gasteiger partial charge in [-0.15, -0.1) is 0 Å². The maximum atomic E-state index is 12.0. The maximum Gasteiger partial charge on any atom is 0.264 e. The van der Waals surface area contributed by atoms with Gasteiger partial charge in [0.05, 0.1) is 0 Å². The van der Waals surface area contributed by atoms with Crippen LogP contribution in [0, 0.1) is 6.92 Å². The van der Waals surface area contributed by atoms with Crippen LogP contribution >= 0.6 is 12.2 Å². The molecule has 0 saturated heterocycles. The lowest BCUT2D eigenvalue weighted by Crippen LogP contribution is -2.37. The second kappa shape index (κ2) is 7.77. The lowest BCUT2D eigenvalue weighted by Gasteiger charge is -2.12. The number of aryl methyl sites for hydroxylation is 1. The van der Waals surface area contributed by atoms with E-state index in [0.717, 1.165) is 22.0 Å². The highest BCUT2D eigenvalue weighted by Gasteiger charge is 2.07. The summed E-state index contributed by atoms with van der Waals surface area (Å²) in [6.07, 6.45) is 0. The molecule has 0 fully saturated rings. The van der Waals surface area contributed by atoms with Gasteiger partial charge in [-0.25, -0.2) is 0 Å². The Morgan fingerprint density at radius 2 is 1.72 bits per heavy atom. The molecule has 3 rings (SSSR count). The minimum absolute atomic E-state index is 0.0968. The van der Waals surface area contributed by atoms with E-state index in [1.807, 2.05) is 73.7 Å². The Morgan fingerprint density at radius 3 is 2.52 bits per heavy atom. The summed E-state index contributed by atoms with van der Waals surface area (Å²) in [4.78, 5) is 12.0. The van der Waals surface area contributed by atoms with Gasteiger partial charge >= 0.3 is 0 Å². The molecule has 126 valence electrons. The van der Waals surface area contributed by atoms with E-state index >= 15 is 0 Å². The monoisotopic (exact) mass is 350 g/mol. The molecule has 0 unspecified atom stereocenters. The van der Waals surface area contributed by atoms with Gasteiger partial charge in [-0.2, -0.15) is 0 Å². The summed E-state index contributed by atoms with van der Waals surface area (Å²) in [6.45, 7) is 1.90. The van der Waals surface area contributed by atoms with Gasteiger partial charge in [0.1, 0.15) is 5.75 Å². The fourth-order valence-electron chi connectivity index (χ4n) is 2.43. The average molecular weight is 350 g/mol. The molecule has 2 N–H and O–H groups in total. The summed E-state index contributed by atoms with van der Waals surface area (Å²) in [7, 11) is 0. The molecular weight excluding hydrogens is 332 g/mol. The predicted molar refractivity (Wildman–Crippen MR) is 105 cm³/mol. The number of anilines is 1. The lowest BCUT2D eigenvalue weighted by molar-refractivity contribution is -0.121. The number of nitrogens with one attached hydrogen (secondary N) is 2. The zero-order valence-electron chi connectivity index (χ0n) is 13.8. The third kappa shape index (κ3) is 4.55. The Morgan fingerprint density at radius 1 is 1.00 bits per heavy atom. The number of carbonyl (C=O) groups is 1. The Balaban J connectivity index is 1.56. The van der Waals surface area contributed by atoms with Crippen LogP contribution in [0.5, 0.6) is 5.75 Å². The van der Waals surface area contributed by atoms with Crippen LogP contribution < -0.4 is 15.4 Å². The Bertz CT molecular complexity index is 902. The summed E-state index contributed by atoms with van der Waals surface area (Å²) < 4.78 is 5.44. The molecule has 0 aliphatic heterocycles. The molecule has 0 radical (unpaired) electrons. The van der Waals surface area contributed by atoms with Gasteiger partial charge in [-0.05, 0) is 42.7 Å². The van der Waals surface area contributed by atoms with E-state index in [4.69, 9.17) is 17.0 Å². The second-order valence-corrected chi connectivity index (χ2v) is 6.04. The van der Waals surface area contributed by atoms with E-state index in [1.165, 1.54) is 0 Å². The average Bonchev–Trinajstić information content (AvgIpc) is 2.61. The first kappa shape index (κ1) is 16.9. The van der Waals surface area contributed by atoms with Crippen molar-refractivity contribution >= 4 is 39.7 Å². The number of rotatable bonds is 4. The smallest absolute Gasteiger partial charge is 0.264 e. The van der Waals surface area contributed by atoms with Crippen LogP contribution in [-0.4, -0.2) is 17.6 Å². The lowest BCUT2D eigenvalue weighted by atomic mass is 10.1. The van der Waals surface area contributed by atoms with Crippen molar-refractivity contribution in [3.63, 3.8) is 0 Å². The molecule has 0 aromatic heterocycles. The van der Waals surface area contributed by atoms with Gasteiger partial charge in [0.15, 0.2) is 11.7 Å². The zero-order valence-corrected chi connectivity index (χ0v) is 14.6. The van der Waals surface area contributed by atoms with Crippen LogP contribution in [-0.2, 0) is 4.79 Å². The van der Waals surface area contributed by atoms with Crippen LogP contribution in [0.3, 0.4) is 0 Å². The molecule has 5 heteroatoms. The third-order valence-corrected chi connectivity index (χ3v) is 3.89. The van der Waals surface area contributed by atoms with Crippen LogP contribution in [0.4, 0.5) is 5.69 Å². The standard InChI is InChI=1S/C20H18N2O2S/c1-14-9-11-16(12-10-14)24-13-19(23)22-20(25)21-18-8-4-6-15-5-2-3-7-17(15)18/h2-12H,13H2,1H3,(H2,21,22,23,25). The summed E-state index contributed by atoms with van der Waals surface area (Å²) in [5.41, 5.74) is 1.99. The number of ether oxygens (including phenoxy) is 1. The molecule has 4 nitrogen and oxygen atoms in total. The van der Waals surface area contributed by atoms with Crippen molar-refractivity contribution in [1.29, 1.82) is 0 Å². The van der Waals surface area contributed by atoms with E-state index in [-0.39, 0.29) is 17.6 Å². The van der Waals surface area contributed by atoms with Crippen molar-refractivity contribution in [3.05, 3.63) is 72.3 Å². The van der Waals surface area contributed by atoms with Gasteiger partial charge in [-0.3, -0.25) is 10.1 Å². The summed E-state index contributed by atoms with van der Waals surface area (Å²) >= 11 is 5.22. The number of hydrogen-bond acceptors (Lipinski definition) is 3. The van der Waals surface area contributed by atoms with Crippen molar-refractivity contribution in [2.24, 2.45) is 0 Å². The molecule has 25 heavy (non-hydrogen) atoms. The molecule has 0 aliphatic carbocycles. The molecule has 3 aromatic rings. The van der Waals surface area contributed by atoms with Gasteiger partial charge in [0, 0.05) is 11.1 Å². The molecule has 3 aromatic carbocycles. The highest BCUT2D eigenvalue weighted by atomic mass is 32.1. The third-order valence-electron chi connectivity index (χ3n) is 3.68. The van der Waals surface area contributed by atoms with Gasteiger partial charge < -0.3 is 10.1 Å². The van der Waals surface area contributed by atoms with E-state index in [1.54, 1.807) is 0 Å². The molecular formula is C20H18N2O2S. The molecule has 0 bridgehead atoms. The number of amides is 1. The first-order valence-corrected chi connectivity index (χ1v) is 8.31. The number of hydrogen-bond donors (Lipinski definition) is 2. The first-order valence-electron chi connectivity index (χ1n) is 7.90. The molecule has 0 atom stereocenters. The topological polar surface area (TPSA) is 50.4 Å². The highest BCUT2D eigenvalue weighted by molar-refractivity contribution is 7.80.